The Morgan fingerprint density at radius 2 is 1.08 bits per heavy atom. The normalized spacial score (nSPS) is 10.6. The minimum absolute atomic E-state index is 0.239. The van der Waals surface area contributed by atoms with Crippen molar-refractivity contribution >= 4 is 45.9 Å². The summed E-state index contributed by atoms with van der Waals surface area (Å²) >= 11 is 0. The van der Waals surface area contributed by atoms with E-state index in [1.807, 2.05) is 38.0 Å². The summed E-state index contributed by atoms with van der Waals surface area (Å²) in [7, 11) is 7.56. The van der Waals surface area contributed by atoms with Gasteiger partial charge >= 0.3 is 0 Å². The highest BCUT2D eigenvalue weighted by atomic mass is 15.2. The van der Waals surface area contributed by atoms with Crippen LogP contribution in [0.1, 0.15) is 0 Å². The molecule has 4 rings (SSSR count). The van der Waals surface area contributed by atoms with E-state index in [9.17, 15) is 0 Å². The number of aromatic amines is 2. The van der Waals surface area contributed by atoms with E-state index in [0.717, 1.165) is 22.7 Å². The average Bonchev–Trinajstić information content (AvgIpc) is 3.21. The molecule has 4 heterocycles. The summed E-state index contributed by atoms with van der Waals surface area (Å²) in [5, 5.41) is 0. The molecule has 12 heteroatoms. The van der Waals surface area contributed by atoms with E-state index in [2.05, 4.69) is 39.9 Å². The first-order valence-electron chi connectivity index (χ1n) is 7.64. The number of nitrogens with two attached hydrogens (primary N) is 2. The molecular weight excluding hydrogens is 336 g/mol. The van der Waals surface area contributed by atoms with Crippen molar-refractivity contribution in [3.05, 3.63) is 12.7 Å². The van der Waals surface area contributed by atoms with Crippen molar-refractivity contribution in [1.82, 2.24) is 39.9 Å². The maximum Gasteiger partial charge on any atom is 0.224 e. The smallest absolute Gasteiger partial charge is 0.224 e. The van der Waals surface area contributed by atoms with Crippen LogP contribution in [0.25, 0.3) is 22.3 Å². The molecule has 0 aromatic carbocycles. The minimum atomic E-state index is 0.239. The molecule has 0 amide bonds. The topological polar surface area (TPSA) is 167 Å². The lowest BCUT2D eigenvalue weighted by atomic mass is 10.4. The summed E-state index contributed by atoms with van der Waals surface area (Å²) in [6.07, 6.45) is 3.15. The zero-order valence-electron chi connectivity index (χ0n) is 14.9. The van der Waals surface area contributed by atoms with Crippen LogP contribution in [0.15, 0.2) is 12.7 Å². The van der Waals surface area contributed by atoms with Crippen molar-refractivity contribution in [3.8, 4) is 0 Å². The zero-order chi connectivity index (χ0) is 18.8. The largest absolute Gasteiger partial charge is 0.368 e. The number of nitrogens with one attached hydrogen (secondary N) is 2. The van der Waals surface area contributed by atoms with Gasteiger partial charge in [-0.25, -0.2) is 9.97 Å². The van der Waals surface area contributed by atoms with Gasteiger partial charge in [-0.3, -0.25) is 0 Å². The van der Waals surface area contributed by atoms with Gasteiger partial charge in [0.15, 0.2) is 22.9 Å². The van der Waals surface area contributed by atoms with Crippen molar-refractivity contribution in [2.24, 2.45) is 0 Å². The van der Waals surface area contributed by atoms with Crippen molar-refractivity contribution in [3.63, 3.8) is 0 Å². The molecule has 0 aliphatic rings. The van der Waals surface area contributed by atoms with Crippen molar-refractivity contribution < 1.29 is 0 Å². The lowest BCUT2D eigenvalue weighted by Gasteiger charge is -2.11. The molecule has 4 aromatic heterocycles. The first kappa shape index (κ1) is 17.1. The average molecular weight is 356 g/mol. The second-order valence-corrected chi connectivity index (χ2v) is 5.80. The van der Waals surface area contributed by atoms with Gasteiger partial charge in [0.05, 0.1) is 12.7 Å². The van der Waals surface area contributed by atoms with Crippen LogP contribution in [0.5, 0.6) is 0 Å². The number of imidazole rings is 2. The van der Waals surface area contributed by atoms with Crippen LogP contribution in [0, 0.1) is 0 Å². The van der Waals surface area contributed by atoms with Gasteiger partial charge < -0.3 is 31.2 Å². The summed E-state index contributed by atoms with van der Waals surface area (Å²) in [5.74, 6) is 1.98. The molecule has 0 aliphatic carbocycles. The van der Waals surface area contributed by atoms with Crippen molar-refractivity contribution in [2.75, 3.05) is 49.5 Å². The number of anilines is 4. The van der Waals surface area contributed by atoms with E-state index in [0.29, 0.717) is 11.3 Å². The molecule has 136 valence electrons. The van der Waals surface area contributed by atoms with Crippen LogP contribution in [-0.4, -0.2) is 68.1 Å². The van der Waals surface area contributed by atoms with E-state index in [1.165, 1.54) is 0 Å². The van der Waals surface area contributed by atoms with E-state index in [4.69, 9.17) is 11.5 Å². The molecule has 0 aliphatic heterocycles. The van der Waals surface area contributed by atoms with E-state index in [-0.39, 0.29) is 11.9 Å². The Morgan fingerprint density at radius 3 is 1.42 bits per heavy atom. The summed E-state index contributed by atoms with van der Waals surface area (Å²) < 4.78 is 0. The van der Waals surface area contributed by atoms with Gasteiger partial charge in [0, 0.05) is 28.2 Å². The quantitative estimate of drug-likeness (QED) is 0.383. The molecule has 6 N–H and O–H groups in total. The number of hydrogen-bond acceptors (Lipinski definition) is 10. The SMILES string of the molecule is CN(C)c1nc(N)nc2nc[nH]c12.CN(C)c1nc(N)nc2nc[nH]c12. The van der Waals surface area contributed by atoms with Gasteiger partial charge in [-0.05, 0) is 0 Å². The number of fused-ring (bicyclic) bond motifs is 2. The molecule has 26 heavy (non-hydrogen) atoms. The Balaban J connectivity index is 0.000000151. The van der Waals surface area contributed by atoms with Crippen molar-refractivity contribution in [2.45, 2.75) is 0 Å². The highest BCUT2D eigenvalue weighted by molar-refractivity contribution is 5.84. The molecule has 0 radical (unpaired) electrons. The predicted octanol–water partition coefficient (Wildman–Crippen LogP) is 0.00220. The summed E-state index contributed by atoms with van der Waals surface area (Å²) in [5.41, 5.74) is 13.8. The third-order valence-corrected chi connectivity index (χ3v) is 3.41. The summed E-state index contributed by atoms with van der Waals surface area (Å²) in [4.78, 5) is 33.8. The third kappa shape index (κ3) is 3.24. The summed E-state index contributed by atoms with van der Waals surface area (Å²) in [6.45, 7) is 0. The molecule has 0 bridgehead atoms. The Bertz CT molecular complexity index is 947. The lowest BCUT2D eigenvalue weighted by molar-refractivity contribution is 1.06. The number of H-pyrrole nitrogens is 2. The highest BCUT2D eigenvalue weighted by Gasteiger charge is 2.10. The molecule has 4 aromatic rings. The number of rotatable bonds is 2. The standard InChI is InChI=1S/2C7H10N6/c2*1-13(2)6-4-5(10-3-9-4)11-7(8)12-6/h2*3H,1-2H3,(H3,8,9,10,11,12). The maximum absolute atomic E-state index is 5.52. The minimum Gasteiger partial charge on any atom is -0.368 e. The molecule has 0 spiro atoms. The van der Waals surface area contributed by atoms with Crippen LogP contribution >= 0.6 is 0 Å². The first-order valence-corrected chi connectivity index (χ1v) is 7.64. The third-order valence-electron chi connectivity index (χ3n) is 3.41. The predicted molar refractivity (Wildman–Crippen MR) is 101 cm³/mol. The zero-order valence-corrected chi connectivity index (χ0v) is 14.9. The monoisotopic (exact) mass is 356 g/mol. The highest BCUT2D eigenvalue weighted by Crippen LogP contribution is 2.19. The Hall–Kier alpha value is -3.70. The second-order valence-electron chi connectivity index (χ2n) is 5.80. The fraction of sp³-hybridized carbons (Fsp3) is 0.286. The Kier molecular flexibility index (Phi) is 4.39. The number of aromatic nitrogens is 8. The Morgan fingerprint density at radius 1 is 0.692 bits per heavy atom. The van der Waals surface area contributed by atoms with Gasteiger partial charge in [-0.1, -0.05) is 0 Å². The number of hydrogen-bond donors (Lipinski definition) is 4. The van der Waals surface area contributed by atoms with Crippen LogP contribution in [-0.2, 0) is 0 Å². The maximum atomic E-state index is 5.52. The van der Waals surface area contributed by atoms with E-state index >= 15 is 0 Å². The summed E-state index contributed by atoms with van der Waals surface area (Å²) in [6, 6.07) is 0. The second kappa shape index (κ2) is 6.66. The molecular formula is C14H20N12. The van der Waals surface area contributed by atoms with Crippen LogP contribution in [0.4, 0.5) is 23.5 Å². The van der Waals surface area contributed by atoms with Crippen LogP contribution in [0.2, 0.25) is 0 Å². The van der Waals surface area contributed by atoms with Gasteiger partial charge in [0.2, 0.25) is 11.9 Å². The molecule has 0 saturated heterocycles. The van der Waals surface area contributed by atoms with Gasteiger partial charge in [-0.2, -0.15) is 19.9 Å². The molecule has 0 atom stereocenters. The number of nitrogen functional groups attached to an aromatic ring is 2. The molecule has 0 unspecified atom stereocenters. The molecule has 0 saturated carbocycles. The van der Waals surface area contributed by atoms with Crippen LogP contribution < -0.4 is 21.3 Å². The fourth-order valence-electron chi connectivity index (χ4n) is 2.32. The van der Waals surface area contributed by atoms with Gasteiger partial charge in [0.1, 0.15) is 11.0 Å². The first-order chi connectivity index (χ1) is 12.4. The number of nitrogens with zero attached hydrogens (tertiary/aromatic N) is 8. The van der Waals surface area contributed by atoms with Crippen molar-refractivity contribution in [1.29, 1.82) is 0 Å². The van der Waals surface area contributed by atoms with Gasteiger partial charge in [-0.15, -0.1) is 0 Å². The Labute approximate surface area is 148 Å². The van der Waals surface area contributed by atoms with Crippen LogP contribution in [0.3, 0.4) is 0 Å². The van der Waals surface area contributed by atoms with Gasteiger partial charge in [0.25, 0.3) is 0 Å². The molecule has 12 nitrogen and oxygen atoms in total. The fourth-order valence-corrected chi connectivity index (χ4v) is 2.32. The molecule has 0 fully saturated rings. The lowest BCUT2D eigenvalue weighted by Crippen LogP contribution is -2.13. The van der Waals surface area contributed by atoms with E-state index in [1.54, 1.807) is 12.7 Å². The van der Waals surface area contributed by atoms with E-state index < -0.39 is 0 Å².